The van der Waals surface area contributed by atoms with Crippen LogP contribution in [0.5, 0.6) is 0 Å². The number of hydrogen-bond acceptors (Lipinski definition) is 2. The zero-order valence-electron chi connectivity index (χ0n) is 7.22. The van der Waals surface area contributed by atoms with Gasteiger partial charge in [0.2, 0.25) is 0 Å². The van der Waals surface area contributed by atoms with Crippen molar-refractivity contribution in [2.45, 2.75) is 38.8 Å². The van der Waals surface area contributed by atoms with E-state index in [-0.39, 0.29) is 18.0 Å². The van der Waals surface area contributed by atoms with Crippen LogP contribution in [0.4, 0.5) is 0 Å². The fraction of sp³-hybridized carbons (Fsp3) is 0.857. The van der Waals surface area contributed by atoms with E-state index in [1.165, 1.54) is 0 Å². The van der Waals surface area contributed by atoms with Gasteiger partial charge < -0.3 is 16.8 Å². The standard InChI is InChI=1S/C7H18N4/c1-3-6(8)4-5(2)11-7(9)10/h5-6H,3-4,8H2,1-2H3,(H4,9,10,11). The zero-order chi connectivity index (χ0) is 8.85. The first-order valence-corrected chi connectivity index (χ1v) is 3.92. The van der Waals surface area contributed by atoms with Crippen LogP contribution in [0.1, 0.15) is 26.7 Å². The summed E-state index contributed by atoms with van der Waals surface area (Å²) in [6.45, 7) is 4.02. The predicted octanol–water partition coefficient (Wildman–Crippen LogP) is -0.0146. The van der Waals surface area contributed by atoms with Crippen molar-refractivity contribution in [3.8, 4) is 0 Å². The Morgan fingerprint density at radius 3 is 2.55 bits per heavy atom. The summed E-state index contributed by atoms with van der Waals surface area (Å²) in [5.41, 5.74) is 10.8. The lowest BCUT2D eigenvalue weighted by atomic mass is 10.1. The molecule has 2 unspecified atom stereocenters. The maximum atomic E-state index is 6.95. The Morgan fingerprint density at radius 2 is 2.18 bits per heavy atom. The van der Waals surface area contributed by atoms with Gasteiger partial charge in [-0.25, -0.2) is 0 Å². The van der Waals surface area contributed by atoms with Crippen LogP contribution < -0.4 is 16.8 Å². The Bertz CT molecular complexity index is 124. The summed E-state index contributed by atoms with van der Waals surface area (Å²) >= 11 is 0. The van der Waals surface area contributed by atoms with Crippen molar-refractivity contribution in [2.75, 3.05) is 0 Å². The van der Waals surface area contributed by atoms with Crippen molar-refractivity contribution >= 4 is 5.96 Å². The van der Waals surface area contributed by atoms with Gasteiger partial charge in [-0.05, 0) is 19.8 Å². The summed E-state index contributed by atoms with van der Waals surface area (Å²) < 4.78 is 0. The second kappa shape index (κ2) is 4.96. The molecule has 0 saturated heterocycles. The molecule has 0 amide bonds. The van der Waals surface area contributed by atoms with Gasteiger partial charge in [0.15, 0.2) is 5.96 Å². The van der Waals surface area contributed by atoms with Crippen LogP contribution in [0, 0.1) is 5.41 Å². The summed E-state index contributed by atoms with van der Waals surface area (Å²) in [4.78, 5) is 0. The third-order valence-corrected chi connectivity index (χ3v) is 1.58. The molecule has 0 aliphatic rings. The van der Waals surface area contributed by atoms with Crippen molar-refractivity contribution in [1.82, 2.24) is 5.32 Å². The topological polar surface area (TPSA) is 87.9 Å². The van der Waals surface area contributed by atoms with Gasteiger partial charge >= 0.3 is 0 Å². The average molecular weight is 158 g/mol. The van der Waals surface area contributed by atoms with Crippen LogP contribution in [0.25, 0.3) is 0 Å². The molecule has 2 atom stereocenters. The Balaban J connectivity index is 3.51. The molecule has 0 aromatic carbocycles. The van der Waals surface area contributed by atoms with Crippen molar-refractivity contribution in [3.63, 3.8) is 0 Å². The highest BCUT2D eigenvalue weighted by atomic mass is 15.1. The SMILES string of the molecule is CCC(N)CC(C)NC(=N)N. The van der Waals surface area contributed by atoms with E-state index < -0.39 is 0 Å². The lowest BCUT2D eigenvalue weighted by Crippen LogP contribution is -2.40. The van der Waals surface area contributed by atoms with Crippen LogP contribution >= 0.6 is 0 Å². The van der Waals surface area contributed by atoms with Crippen LogP contribution in [0.2, 0.25) is 0 Å². The largest absolute Gasteiger partial charge is 0.370 e. The Hall–Kier alpha value is -0.770. The fourth-order valence-corrected chi connectivity index (χ4v) is 0.945. The molecule has 0 radical (unpaired) electrons. The molecular formula is C7H18N4. The van der Waals surface area contributed by atoms with Gasteiger partial charge in [0.05, 0.1) is 0 Å². The molecule has 66 valence electrons. The molecule has 4 heteroatoms. The Labute approximate surface area is 67.8 Å². The maximum Gasteiger partial charge on any atom is 0.185 e. The molecule has 0 aliphatic carbocycles. The van der Waals surface area contributed by atoms with Gasteiger partial charge in [-0.1, -0.05) is 6.92 Å². The third-order valence-electron chi connectivity index (χ3n) is 1.58. The van der Waals surface area contributed by atoms with E-state index >= 15 is 0 Å². The summed E-state index contributed by atoms with van der Waals surface area (Å²) in [5, 5.41) is 9.74. The van der Waals surface area contributed by atoms with Gasteiger partial charge in [0.1, 0.15) is 0 Å². The van der Waals surface area contributed by atoms with Gasteiger partial charge in [-0.2, -0.15) is 0 Å². The molecule has 0 aliphatic heterocycles. The maximum absolute atomic E-state index is 6.95. The first-order chi connectivity index (χ1) is 5.06. The van der Waals surface area contributed by atoms with E-state index in [4.69, 9.17) is 16.9 Å². The number of rotatable bonds is 4. The molecule has 11 heavy (non-hydrogen) atoms. The van der Waals surface area contributed by atoms with Gasteiger partial charge in [0, 0.05) is 12.1 Å². The second-order valence-corrected chi connectivity index (χ2v) is 2.86. The molecule has 4 nitrogen and oxygen atoms in total. The zero-order valence-corrected chi connectivity index (χ0v) is 7.22. The number of nitrogens with one attached hydrogen (secondary N) is 2. The molecule has 0 spiro atoms. The molecule has 0 heterocycles. The van der Waals surface area contributed by atoms with Crippen molar-refractivity contribution in [3.05, 3.63) is 0 Å². The lowest BCUT2D eigenvalue weighted by molar-refractivity contribution is 0.504. The minimum Gasteiger partial charge on any atom is -0.370 e. The molecular weight excluding hydrogens is 140 g/mol. The number of guanidine groups is 1. The first-order valence-electron chi connectivity index (χ1n) is 3.92. The summed E-state index contributed by atoms with van der Waals surface area (Å²) in [7, 11) is 0. The lowest BCUT2D eigenvalue weighted by Gasteiger charge is -2.16. The second-order valence-electron chi connectivity index (χ2n) is 2.86. The minimum absolute atomic E-state index is 0.0146. The normalized spacial score (nSPS) is 15.5. The van der Waals surface area contributed by atoms with Gasteiger partial charge in [-0.3, -0.25) is 5.41 Å². The highest BCUT2D eigenvalue weighted by Crippen LogP contribution is 1.97. The van der Waals surface area contributed by atoms with E-state index in [1.807, 2.05) is 13.8 Å². The van der Waals surface area contributed by atoms with E-state index in [2.05, 4.69) is 5.32 Å². The molecule has 0 saturated carbocycles. The fourth-order valence-electron chi connectivity index (χ4n) is 0.945. The summed E-state index contributed by atoms with van der Waals surface area (Å²) in [6, 6.07) is 0.402. The smallest absolute Gasteiger partial charge is 0.185 e. The molecule has 0 aromatic rings. The predicted molar refractivity (Wildman–Crippen MR) is 47.4 cm³/mol. The quantitative estimate of drug-likeness (QED) is 0.342. The third kappa shape index (κ3) is 5.66. The van der Waals surface area contributed by atoms with Crippen LogP contribution in [0.3, 0.4) is 0 Å². The number of hydrogen-bond donors (Lipinski definition) is 4. The molecule has 0 bridgehead atoms. The average Bonchev–Trinajstić information content (AvgIpc) is 1.85. The molecule has 0 aromatic heterocycles. The Morgan fingerprint density at radius 1 is 1.64 bits per heavy atom. The monoisotopic (exact) mass is 158 g/mol. The number of nitrogens with two attached hydrogens (primary N) is 2. The van der Waals surface area contributed by atoms with Gasteiger partial charge in [-0.15, -0.1) is 0 Å². The van der Waals surface area contributed by atoms with Crippen molar-refractivity contribution < 1.29 is 0 Å². The molecule has 0 rings (SSSR count). The van der Waals surface area contributed by atoms with Gasteiger partial charge in [0.25, 0.3) is 0 Å². The van der Waals surface area contributed by atoms with Crippen LogP contribution in [-0.4, -0.2) is 18.0 Å². The van der Waals surface area contributed by atoms with E-state index in [1.54, 1.807) is 0 Å². The Kier molecular flexibility index (Phi) is 4.61. The first kappa shape index (κ1) is 10.2. The van der Waals surface area contributed by atoms with Crippen molar-refractivity contribution in [2.24, 2.45) is 11.5 Å². The summed E-state index contributed by atoms with van der Waals surface area (Å²) in [5.74, 6) is 0.0146. The van der Waals surface area contributed by atoms with E-state index in [0.29, 0.717) is 0 Å². The van der Waals surface area contributed by atoms with Crippen LogP contribution in [0.15, 0.2) is 0 Å². The highest BCUT2D eigenvalue weighted by Gasteiger charge is 2.06. The molecule has 0 fully saturated rings. The van der Waals surface area contributed by atoms with Crippen molar-refractivity contribution in [1.29, 1.82) is 5.41 Å². The highest BCUT2D eigenvalue weighted by molar-refractivity contribution is 5.74. The molecule has 6 N–H and O–H groups in total. The van der Waals surface area contributed by atoms with E-state index in [9.17, 15) is 0 Å². The minimum atomic E-state index is 0.0146. The van der Waals surface area contributed by atoms with E-state index in [0.717, 1.165) is 12.8 Å². The summed E-state index contributed by atoms with van der Waals surface area (Å²) in [6.07, 6.45) is 1.82. The van der Waals surface area contributed by atoms with Crippen LogP contribution in [-0.2, 0) is 0 Å².